The molecule has 0 spiro atoms. The maximum atomic E-state index is 11.7. The average molecular weight is 223 g/mol. The van der Waals surface area contributed by atoms with Gasteiger partial charge in [-0.2, -0.15) is 5.26 Å². The summed E-state index contributed by atoms with van der Waals surface area (Å²) in [7, 11) is 1.59. The van der Waals surface area contributed by atoms with Crippen LogP contribution in [-0.2, 0) is 9.59 Å². The van der Waals surface area contributed by atoms with Crippen LogP contribution in [-0.4, -0.2) is 36.9 Å². The van der Waals surface area contributed by atoms with Gasteiger partial charge < -0.3 is 10.2 Å². The molecule has 1 heterocycles. The summed E-state index contributed by atoms with van der Waals surface area (Å²) in [5.74, 6) is -0.866. The standard InChI is InChI=1S/C11H17N3O2/c1-8(6-12)9(15)14-5-4-11(2,7-14)10(16)13-3/h8H,4-5,7H2,1-3H3,(H,13,16). The summed E-state index contributed by atoms with van der Waals surface area (Å²) in [6.07, 6.45) is 0.649. The Morgan fingerprint density at radius 3 is 2.69 bits per heavy atom. The first kappa shape index (κ1) is 12.5. The number of nitrogens with zero attached hydrogens (tertiary/aromatic N) is 2. The number of hydrogen-bond acceptors (Lipinski definition) is 3. The maximum Gasteiger partial charge on any atom is 0.239 e. The van der Waals surface area contributed by atoms with Gasteiger partial charge in [0.1, 0.15) is 5.92 Å². The SMILES string of the molecule is CNC(=O)C1(C)CCN(C(=O)C(C)C#N)C1. The Balaban J connectivity index is 2.70. The highest BCUT2D eigenvalue weighted by molar-refractivity contribution is 5.86. The molecule has 16 heavy (non-hydrogen) atoms. The summed E-state index contributed by atoms with van der Waals surface area (Å²) in [5, 5.41) is 11.3. The van der Waals surface area contributed by atoms with E-state index in [1.165, 1.54) is 0 Å². The number of likely N-dealkylation sites (tertiary alicyclic amines) is 1. The lowest BCUT2D eigenvalue weighted by Gasteiger charge is -2.23. The Kier molecular flexibility index (Phi) is 3.53. The van der Waals surface area contributed by atoms with Crippen LogP contribution in [0.15, 0.2) is 0 Å². The molecule has 5 nitrogen and oxygen atoms in total. The minimum absolute atomic E-state index is 0.0487. The molecule has 1 N–H and O–H groups in total. The maximum absolute atomic E-state index is 11.7. The second kappa shape index (κ2) is 4.52. The van der Waals surface area contributed by atoms with Gasteiger partial charge >= 0.3 is 0 Å². The number of nitrogens with one attached hydrogen (secondary N) is 1. The topological polar surface area (TPSA) is 73.2 Å². The zero-order chi connectivity index (χ0) is 12.3. The molecule has 5 heteroatoms. The van der Waals surface area contributed by atoms with Gasteiger partial charge in [0.15, 0.2) is 0 Å². The minimum atomic E-state index is -0.632. The van der Waals surface area contributed by atoms with Gasteiger partial charge in [-0.1, -0.05) is 0 Å². The molecule has 2 atom stereocenters. The fourth-order valence-corrected chi connectivity index (χ4v) is 1.97. The zero-order valence-electron chi connectivity index (χ0n) is 9.91. The fraction of sp³-hybridized carbons (Fsp3) is 0.727. The van der Waals surface area contributed by atoms with Crippen molar-refractivity contribution in [1.82, 2.24) is 10.2 Å². The highest BCUT2D eigenvalue weighted by atomic mass is 16.2. The number of hydrogen-bond donors (Lipinski definition) is 1. The third kappa shape index (κ3) is 2.16. The van der Waals surface area contributed by atoms with E-state index >= 15 is 0 Å². The third-order valence-electron chi connectivity index (χ3n) is 3.12. The number of carbonyl (C=O) groups excluding carboxylic acids is 2. The van der Waals surface area contributed by atoms with Gasteiger partial charge in [0, 0.05) is 20.1 Å². The number of carbonyl (C=O) groups is 2. The predicted octanol–water partition coefficient (Wildman–Crippen LogP) is 0.131. The molecule has 1 fully saturated rings. The van der Waals surface area contributed by atoms with Crippen LogP contribution in [0.4, 0.5) is 0 Å². The minimum Gasteiger partial charge on any atom is -0.359 e. The Morgan fingerprint density at radius 1 is 1.56 bits per heavy atom. The van der Waals surface area contributed by atoms with Crippen molar-refractivity contribution in [1.29, 1.82) is 5.26 Å². The third-order valence-corrected chi connectivity index (χ3v) is 3.12. The first-order valence-electron chi connectivity index (χ1n) is 5.35. The van der Waals surface area contributed by atoms with E-state index in [0.717, 1.165) is 0 Å². The summed E-state index contributed by atoms with van der Waals surface area (Å²) in [5.41, 5.74) is -0.514. The quantitative estimate of drug-likeness (QED) is 0.723. The van der Waals surface area contributed by atoms with Gasteiger partial charge in [-0.15, -0.1) is 0 Å². The van der Waals surface area contributed by atoms with Crippen LogP contribution in [0.25, 0.3) is 0 Å². The molecule has 0 aromatic heterocycles. The smallest absolute Gasteiger partial charge is 0.239 e. The van der Waals surface area contributed by atoms with Gasteiger partial charge in [0.05, 0.1) is 11.5 Å². The van der Waals surface area contributed by atoms with Gasteiger partial charge in [-0.05, 0) is 20.3 Å². The van der Waals surface area contributed by atoms with Crippen molar-refractivity contribution in [3.63, 3.8) is 0 Å². The molecule has 0 aliphatic carbocycles. The number of rotatable bonds is 2. The monoisotopic (exact) mass is 223 g/mol. The van der Waals surface area contributed by atoms with Crippen molar-refractivity contribution in [3.8, 4) is 6.07 Å². The second-order valence-corrected chi connectivity index (χ2v) is 4.50. The average Bonchev–Trinajstić information content (AvgIpc) is 2.70. The summed E-state index contributed by atoms with van der Waals surface area (Å²) in [6.45, 7) is 4.38. The van der Waals surface area contributed by atoms with Crippen LogP contribution in [0.1, 0.15) is 20.3 Å². The number of nitriles is 1. The molecule has 0 aromatic rings. The van der Waals surface area contributed by atoms with E-state index in [2.05, 4.69) is 5.32 Å². The van der Waals surface area contributed by atoms with Crippen molar-refractivity contribution in [2.75, 3.05) is 20.1 Å². The largest absolute Gasteiger partial charge is 0.359 e. The molecule has 1 aliphatic rings. The van der Waals surface area contributed by atoms with Crippen molar-refractivity contribution in [3.05, 3.63) is 0 Å². The van der Waals surface area contributed by atoms with E-state index in [-0.39, 0.29) is 11.8 Å². The Bertz CT molecular complexity index is 348. The van der Waals surface area contributed by atoms with Crippen LogP contribution in [0.2, 0.25) is 0 Å². The number of amides is 2. The van der Waals surface area contributed by atoms with Crippen molar-refractivity contribution >= 4 is 11.8 Å². The summed E-state index contributed by atoms with van der Waals surface area (Å²) in [6, 6.07) is 1.92. The molecule has 1 aliphatic heterocycles. The lowest BCUT2D eigenvalue weighted by molar-refractivity contribution is -0.134. The van der Waals surface area contributed by atoms with E-state index in [4.69, 9.17) is 5.26 Å². The molecule has 1 saturated heterocycles. The Hall–Kier alpha value is -1.57. The first-order valence-corrected chi connectivity index (χ1v) is 5.35. The summed E-state index contributed by atoms with van der Waals surface area (Å²) < 4.78 is 0. The molecule has 0 saturated carbocycles. The molecule has 0 bridgehead atoms. The summed E-state index contributed by atoms with van der Waals surface area (Å²) >= 11 is 0. The van der Waals surface area contributed by atoms with Gasteiger partial charge in [-0.3, -0.25) is 9.59 Å². The molecule has 0 aromatic carbocycles. The lowest BCUT2D eigenvalue weighted by Crippen LogP contribution is -2.41. The normalized spacial score (nSPS) is 26.0. The second-order valence-electron chi connectivity index (χ2n) is 4.50. The molecular formula is C11H17N3O2. The Labute approximate surface area is 95.4 Å². The predicted molar refractivity (Wildman–Crippen MR) is 58.1 cm³/mol. The molecule has 0 radical (unpaired) electrons. The van der Waals surface area contributed by atoms with E-state index in [1.54, 1.807) is 18.9 Å². The van der Waals surface area contributed by atoms with Crippen LogP contribution in [0.5, 0.6) is 0 Å². The van der Waals surface area contributed by atoms with E-state index < -0.39 is 11.3 Å². The molecule has 2 amide bonds. The molecule has 2 unspecified atom stereocenters. The van der Waals surface area contributed by atoms with Crippen molar-refractivity contribution in [2.24, 2.45) is 11.3 Å². The summed E-state index contributed by atoms with van der Waals surface area (Å²) in [4.78, 5) is 25.0. The van der Waals surface area contributed by atoms with Gasteiger partial charge in [0.2, 0.25) is 11.8 Å². The fourth-order valence-electron chi connectivity index (χ4n) is 1.97. The van der Waals surface area contributed by atoms with Crippen molar-refractivity contribution < 1.29 is 9.59 Å². The zero-order valence-corrected chi connectivity index (χ0v) is 9.91. The lowest BCUT2D eigenvalue weighted by atomic mass is 9.89. The highest BCUT2D eigenvalue weighted by Crippen LogP contribution is 2.30. The highest BCUT2D eigenvalue weighted by Gasteiger charge is 2.42. The molecule has 1 rings (SSSR count). The van der Waals surface area contributed by atoms with E-state index in [9.17, 15) is 9.59 Å². The van der Waals surface area contributed by atoms with E-state index in [0.29, 0.717) is 19.5 Å². The molecule has 88 valence electrons. The van der Waals surface area contributed by atoms with Crippen LogP contribution < -0.4 is 5.32 Å². The van der Waals surface area contributed by atoms with Gasteiger partial charge in [0.25, 0.3) is 0 Å². The van der Waals surface area contributed by atoms with Crippen LogP contribution >= 0.6 is 0 Å². The molecular weight excluding hydrogens is 206 g/mol. The van der Waals surface area contributed by atoms with Crippen LogP contribution in [0, 0.1) is 22.7 Å². The Morgan fingerprint density at radius 2 is 2.19 bits per heavy atom. The van der Waals surface area contributed by atoms with E-state index in [1.807, 2.05) is 13.0 Å². The van der Waals surface area contributed by atoms with Gasteiger partial charge in [-0.25, -0.2) is 0 Å². The first-order chi connectivity index (χ1) is 7.44. The van der Waals surface area contributed by atoms with Crippen LogP contribution in [0.3, 0.4) is 0 Å². The van der Waals surface area contributed by atoms with Crippen molar-refractivity contribution in [2.45, 2.75) is 20.3 Å².